The van der Waals surface area contributed by atoms with E-state index in [0.29, 0.717) is 19.3 Å². The van der Waals surface area contributed by atoms with Gasteiger partial charge in [0.25, 0.3) is 0 Å². The molecule has 0 aromatic rings. The van der Waals surface area contributed by atoms with Crippen LogP contribution in [0.15, 0.2) is 0 Å². The van der Waals surface area contributed by atoms with Gasteiger partial charge in [-0.15, -0.1) is 0 Å². The van der Waals surface area contributed by atoms with Gasteiger partial charge in [0, 0.05) is 31.3 Å². The molecule has 422 valence electrons. The second-order valence-electron chi connectivity index (χ2n) is 18.7. The quantitative estimate of drug-likeness (QED) is 0.0354. The molecule has 6 saturated heterocycles. The number of urea groups is 1. The fourth-order valence-corrected chi connectivity index (χ4v) is 11.2. The zero-order valence-corrected chi connectivity index (χ0v) is 40.8. The molecule has 32 heteroatoms. The molecule has 6 heterocycles. The number of rotatable bonds is 22. The van der Waals surface area contributed by atoms with Crippen molar-refractivity contribution in [1.29, 1.82) is 0 Å². The first kappa shape index (κ1) is 59.5. The number of hydrogen-bond acceptors (Lipinski definition) is 25. The summed E-state index contributed by atoms with van der Waals surface area (Å²) in [6.07, 6.45) is -32.3. The maximum atomic E-state index is 13.4. The smallest absolute Gasteiger partial charge is 0.326 e. The van der Waals surface area contributed by atoms with Crippen molar-refractivity contribution in [3.8, 4) is 0 Å². The highest BCUT2D eigenvalue weighted by Gasteiger charge is 2.56. The number of amides is 6. The van der Waals surface area contributed by atoms with E-state index in [1.807, 2.05) is 0 Å². The Kier molecular flexibility index (Phi) is 21.3. The van der Waals surface area contributed by atoms with E-state index in [9.17, 15) is 90.0 Å². The Morgan fingerprint density at radius 2 is 1.16 bits per heavy atom. The van der Waals surface area contributed by atoms with Crippen molar-refractivity contribution in [1.82, 2.24) is 31.9 Å². The summed E-state index contributed by atoms with van der Waals surface area (Å²) >= 11 is 1.70. The number of ether oxygens (including phenoxy) is 7. The first-order valence-electron chi connectivity index (χ1n) is 23.9. The predicted octanol–water partition coefficient (Wildman–Crippen LogP) is -9.65. The second kappa shape index (κ2) is 26.5. The Morgan fingerprint density at radius 1 is 0.622 bits per heavy atom. The molecule has 0 saturated carbocycles. The maximum Gasteiger partial charge on any atom is 0.326 e. The third-order valence-electron chi connectivity index (χ3n) is 13.4. The van der Waals surface area contributed by atoms with E-state index in [-0.39, 0.29) is 29.8 Å². The lowest BCUT2D eigenvalue weighted by molar-refractivity contribution is -0.379. The molecule has 74 heavy (non-hydrogen) atoms. The van der Waals surface area contributed by atoms with E-state index in [1.54, 1.807) is 11.8 Å². The number of carbonyl (C=O) groups is 6. The van der Waals surface area contributed by atoms with E-state index in [2.05, 4.69) is 31.9 Å². The van der Waals surface area contributed by atoms with Crippen LogP contribution in [0.2, 0.25) is 0 Å². The highest BCUT2D eigenvalue weighted by Crippen LogP contribution is 2.36. The number of carboxylic acid groups (broad SMARTS) is 1. The largest absolute Gasteiger partial charge is 0.480 e. The topological polar surface area (TPSA) is 482 Å². The van der Waals surface area contributed by atoms with Crippen LogP contribution in [0.5, 0.6) is 0 Å². The molecule has 0 bridgehead atoms. The zero-order valence-electron chi connectivity index (χ0n) is 40.0. The number of nitrogens with one attached hydrogen (secondary N) is 6. The van der Waals surface area contributed by atoms with Crippen LogP contribution in [-0.4, -0.2) is 275 Å². The normalized spacial score (nSPS) is 41.5. The molecule has 6 aliphatic heterocycles. The van der Waals surface area contributed by atoms with Crippen molar-refractivity contribution in [2.24, 2.45) is 0 Å². The van der Waals surface area contributed by atoms with Gasteiger partial charge in [0.2, 0.25) is 23.6 Å². The summed E-state index contributed by atoms with van der Waals surface area (Å²) < 4.78 is 40.2. The summed E-state index contributed by atoms with van der Waals surface area (Å²) in [5.41, 5.74) is 0. The van der Waals surface area contributed by atoms with Crippen molar-refractivity contribution in [2.75, 3.05) is 32.2 Å². The van der Waals surface area contributed by atoms with Gasteiger partial charge in [-0.3, -0.25) is 19.2 Å². The minimum atomic E-state index is -2.11. The maximum absolute atomic E-state index is 13.4. The summed E-state index contributed by atoms with van der Waals surface area (Å²) in [4.78, 5) is 75.0. The standard InChI is InChI=1S/C42H68N6O25S/c1-13(53)43-25-29(59)34(19(10-51)67-37(25)47-23(56)7-15(38(64)65)45-22(55)6-4-3-5-21-24-16(12-74-21)46-42(66)48-24)71-39-26(44-14(2)54)30(60)35(20(11-52)70-39)72-41-33(63)36(28(58)18(9-50)69-41)73-40-32(62)31(61)27(57)17(8-49)68-40/h15-21,24-37,39-41,49-52,57-63H,3-12H2,1-2H3,(H,43,53)(H,44,54)(H,45,55)(H,47,56)(H,64,65)(H2,46,48,66)/t15?,16?,17?,18?,19?,20?,21?,24?,25?,26?,27-,28-,29-,30-,31?,32?,33?,34-,35-,36+,37-,39+,40-,41+/m1/s1. The Morgan fingerprint density at radius 3 is 1.77 bits per heavy atom. The first-order chi connectivity index (χ1) is 35.1. The number of aliphatic carboxylic acids is 1. The van der Waals surface area contributed by atoms with Crippen LogP contribution in [-0.2, 0) is 57.1 Å². The Hall–Kier alpha value is -3.75. The van der Waals surface area contributed by atoms with Crippen LogP contribution < -0.4 is 31.9 Å². The van der Waals surface area contributed by atoms with Gasteiger partial charge in [-0.05, 0) is 12.8 Å². The molecule has 0 spiro atoms. The van der Waals surface area contributed by atoms with E-state index < -0.39 is 191 Å². The van der Waals surface area contributed by atoms with Crippen molar-refractivity contribution in [3.63, 3.8) is 0 Å². The van der Waals surface area contributed by atoms with Gasteiger partial charge >= 0.3 is 12.0 Å². The van der Waals surface area contributed by atoms with E-state index in [4.69, 9.17) is 33.2 Å². The summed E-state index contributed by atoms with van der Waals surface area (Å²) in [7, 11) is 0. The summed E-state index contributed by atoms with van der Waals surface area (Å²) in [6, 6.07) is -5.31. The number of aliphatic hydroxyl groups excluding tert-OH is 11. The fraction of sp³-hybridized carbons (Fsp3) is 0.857. The van der Waals surface area contributed by atoms with Crippen LogP contribution in [0, 0.1) is 0 Å². The molecule has 0 aliphatic carbocycles. The van der Waals surface area contributed by atoms with Crippen LogP contribution in [0.25, 0.3) is 0 Å². The molecule has 0 aromatic carbocycles. The first-order valence-corrected chi connectivity index (χ1v) is 25.0. The van der Waals surface area contributed by atoms with Crippen molar-refractivity contribution in [2.45, 2.75) is 192 Å². The van der Waals surface area contributed by atoms with Crippen LogP contribution in [0.4, 0.5) is 4.79 Å². The van der Waals surface area contributed by atoms with Gasteiger partial charge in [-0.25, -0.2) is 9.59 Å². The lowest BCUT2D eigenvalue weighted by atomic mass is 9.93. The third kappa shape index (κ3) is 14.0. The lowest BCUT2D eigenvalue weighted by Crippen LogP contribution is -2.71. The van der Waals surface area contributed by atoms with Crippen LogP contribution in [0.1, 0.15) is 46.0 Å². The SMILES string of the molecule is CC(=O)NC1[C@H](O[C@@H]2C(CO)O[C@@H](NC(=O)CC(NC(=O)CCCCC3SCC4NC(=O)NC43)C(=O)O)C(NC(C)=O)[C@H]2O)OC(CO)[C@@H](O[C@@H]2OC(CO)[C@@H](O)[C@H](O[C@H]3OC(CO)[C@@H](O)C(O)C3O)C2O)[C@@H]1O. The number of unbranched alkanes of at least 4 members (excludes halogenated alkanes) is 1. The Labute approximate surface area is 425 Å². The molecular weight excluding hydrogens is 1020 g/mol. The van der Waals surface area contributed by atoms with E-state index in [0.717, 1.165) is 19.6 Å². The second-order valence-corrected chi connectivity index (χ2v) is 20.0. The lowest BCUT2D eigenvalue weighted by Gasteiger charge is -2.50. The Bertz CT molecular complexity index is 1940. The van der Waals surface area contributed by atoms with Crippen molar-refractivity contribution < 1.29 is 123 Å². The molecule has 24 atom stereocenters. The van der Waals surface area contributed by atoms with Gasteiger partial charge in [0.05, 0.1) is 44.9 Å². The van der Waals surface area contributed by atoms with Gasteiger partial charge in [-0.2, -0.15) is 11.8 Å². The van der Waals surface area contributed by atoms with Crippen LogP contribution >= 0.6 is 11.8 Å². The molecular formula is C42H68N6O25S. The van der Waals surface area contributed by atoms with Crippen molar-refractivity contribution >= 4 is 47.4 Å². The average molecular weight is 1090 g/mol. The molecule has 6 amide bonds. The van der Waals surface area contributed by atoms with Gasteiger partial charge < -0.3 is 126 Å². The van der Waals surface area contributed by atoms with Crippen LogP contribution in [0.3, 0.4) is 0 Å². The molecule has 6 aliphatic rings. The Balaban J connectivity index is 1.10. The molecule has 0 radical (unpaired) electrons. The van der Waals surface area contributed by atoms with Gasteiger partial charge in [-0.1, -0.05) is 6.42 Å². The molecule has 6 fully saturated rings. The van der Waals surface area contributed by atoms with E-state index >= 15 is 0 Å². The summed E-state index contributed by atoms with van der Waals surface area (Å²) in [5, 5.41) is 143. The number of aliphatic hydroxyl groups is 11. The zero-order chi connectivity index (χ0) is 54.3. The number of carboxylic acids is 1. The van der Waals surface area contributed by atoms with E-state index in [1.165, 1.54) is 0 Å². The third-order valence-corrected chi connectivity index (χ3v) is 15.0. The monoisotopic (exact) mass is 1090 g/mol. The fourth-order valence-electron chi connectivity index (χ4n) is 9.64. The highest BCUT2D eigenvalue weighted by molar-refractivity contribution is 8.00. The number of hydrogen-bond donors (Lipinski definition) is 18. The van der Waals surface area contributed by atoms with Gasteiger partial charge in [0.15, 0.2) is 25.1 Å². The molecule has 0 aromatic heterocycles. The van der Waals surface area contributed by atoms with Crippen molar-refractivity contribution in [3.05, 3.63) is 0 Å². The molecule has 13 unspecified atom stereocenters. The molecule has 6 rings (SSSR count). The molecule has 18 N–H and O–H groups in total. The van der Waals surface area contributed by atoms with Gasteiger partial charge in [0.1, 0.15) is 104 Å². The number of carbonyl (C=O) groups excluding carboxylic acids is 5. The average Bonchev–Trinajstić information content (AvgIpc) is 3.91. The predicted molar refractivity (Wildman–Crippen MR) is 241 cm³/mol. The summed E-state index contributed by atoms with van der Waals surface area (Å²) in [6.45, 7) is -1.72. The number of thioether (sulfide) groups is 1. The molecule has 31 nitrogen and oxygen atoms in total. The minimum absolute atomic E-state index is 0.0266. The highest BCUT2D eigenvalue weighted by atomic mass is 32.2. The number of fused-ring (bicyclic) bond motifs is 1. The summed E-state index contributed by atoms with van der Waals surface area (Å²) in [5.74, 6) is -4.10. The minimum Gasteiger partial charge on any atom is -0.480 e.